The Morgan fingerprint density at radius 2 is 2.16 bits per heavy atom. The van der Waals surface area contributed by atoms with Crippen molar-refractivity contribution >= 4 is 23.2 Å². The first kappa shape index (κ1) is 15.6. The van der Waals surface area contributed by atoms with Gasteiger partial charge in [0, 0.05) is 18.2 Å². The lowest BCUT2D eigenvalue weighted by Gasteiger charge is -2.14. The summed E-state index contributed by atoms with van der Waals surface area (Å²) in [7, 11) is 3.19. The molecule has 0 aliphatic rings. The second kappa shape index (κ2) is 7.83. The molecule has 0 unspecified atom stereocenters. The van der Waals surface area contributed by atoms with Crippen molar-refractivity contribution in [3.8, 4) is 5.75 Å². The van der Waals surface area contributed by atoms with Gasteiger partial charge < -0.3 is 14.8 Å². The van der Waals surface area contributed by atoms with Crippen LogP contribution in [0.1, 0.15) is 5.56 Å². The molecule has 106 valence electrons. The highest BCUT2D eigenvalue weighted by atomic mass is 35.5. The minimum atomic E-state index is 0.428. The van der Waals surface area contributed by atoms with E-state index in [4.69, 9.17) is 26.9 Å². The Morgan fingerprint density at radius 1 is 1.42 bits per heavy atom. The molecule has 0 fully saturated rings. The Hall–Kier alpha value is -1.50. The number of nitrogens with two attached hydrogens (primary N) is 1. The van der Waals surface area contributed by atoms with E-state index in [0.29, 0.717) is 29.9 Å². The normalized spacial score (nSPS) is 11.3. The number of anilines is 1. The SMILES string of the molecule is COCCN=C(NN)Nc1cc(C)c(Cl)cc1OC. The first-order valence-electron chi connectivity index (χ1n) is 5.73. The lowest BCUT2D eigenvalue weighted by Crippen LogP contribution is -2.36. The molecule has 0 amide bonds. The van der Waals surface area contributed by atoms with Crippen molar-refractivity contribution in [2.75, 3.05) is 32.7 Å². The average molecular weight is 287 g/mol. The van der Waals surface area contributed by atoms with E-state index in [1.807, 2.05) is 13.0 Å². The number of nitrogens with zero attached hydrogens (tertiary/aromatic N) is 1. The second-order valence-corrected chi connectivity index (χ2v) is 4.20. The maximum Gasteiger partial charge on any atom is 0.210 e. The van der Waals surface area contributed by atoms with E-state index < -0.39 is 0 Å². The molecule has 19 heavy (non-hydrogen) atoms. The number of hydrogen-bond donors (Lipinski definition) is 3. The summed E-state index contributed by atoms with van der Waals surface area (Å²) >= 11 is 6.04. The van der Waals surface area contributed by atoms with Crippen LogP contribution in [0.15, 0.2) is 17.1 Å². The lowest BCUT2D eigenvalue weighted by molar-refractivity contribution is 0.208. The van der Waals surface area contributed by atoms with Crippen molar-refractivity contribution in [2.45, 2.75) is 6.92 Å². The predicted octanol–water partition coefficient (Wildman–Crippen LogP) is 1.53. The van der Waals surface area contributed by atoms with Gasteiger partial charge in [-0.25, -0.2) is 10.8 Å². The summed E-state index contributed by atoms with van der Waals surface area (Å²) in [5, 5.41) is 3.69. The first-order valence-corrected chi connectivity index (χ1v) is 6.11. The summed E-state index contributed by atoms with van der Waals surface area (Å²) in [5.74, 6) is 6.46. The maximum absolute atomic E-state index is 6.04. The Balaban J connectivity index is 2.90. The third-order valence-electron chi connectivity index (χ3n) is 2.44. The Labute approximate surface area is 117 Å². The number of hydrogen-bond acceptors (Lipinski definition) is 4. The molecular formula is C12H19ClN4O2. The number of ether oxygens (including phenoxy) is 2. The van der Waals surface area contributed by atoms with E-state index in [1.165, 1.54) is 0 Å². The monoisotopic (exact) mass is 286 g/mol. The molecule has 0 bridgehead atoms. The highest BCUT2D eigenvalue weighted by Gasteiger charge is 2.08. The van der Waals surface area contributed by atoms with E-state index >= 15 is 0 Å². The van der Waals surface area contributed by atoms with Crippen LogP contribution in [0.5, 0.6) is 5.75 Å². The van der Waals surface area contributed by atoms with E-state index in [-0.39, 0.29) is 0 Å². The van der Waals surface area contributed by atoms with Crippen LogP contribution < -0.4 is 21.3 Å². The fourth-order valence-corrected chi connectivity index (χ4v) is 1.58. The van der Waals surface area contributed by atoms with Crippen molar-refractivity contribution in [3.05, 3.63) is 22.7 Å². The Bertz CT molecular complexity index is 452. The summed E-state index contributed by atoms with van der Waals surface area (Å²) in [5.41, 5.74) is 4.15. The molecule has 0 atom stereocenters. The number of aliphatic imine (C=N–C) groups is 1. The summed E-state index contributed by atoms with van der Waals surface area (Å²) < 4.78 is 10.2. The van der Waals surface area contributed by atoms with Crippen LogP contribution in [0.3, 0.4) is 0 Å². The highest BCUT2D eigenvalue weighted by molar-refractivity contribution is 6.31. The van der Waals surface area contributed by atoms with Gasteiger partial charge in [-0.3, -0.25) is 5.43 Å². The molecule has 1 aromatic carbocycles. The first-order chi connectivity index (χ1) is 9.12. The summed E-state index contributed by atoms with van der Waals surface area (Å²) in [4.78, 5) is 4.21. The number of guanidine groups is 1. The minimum absolute atomic E-state index is 0.428. The van der Waals surface area contributed by atoms with Gasteiger partial charge >= 0.3 is 0 Å². The average Bonchev–Trinajstić information content (AvgIpc) is 2.41. The molecule has 1 aromatic rings. The zero-order valence-electron chi connectivity index (χ0n) is 11.3. The molecule has 0 spiro atoms. The molecule has 0 saturated heterocycles. The van der Waals surface area contributed by atoms with Crippen molar-refractivity contribution in [1.82, 2.24) is 5.43 Å². The zero-order chi connectivity index (χ0) is 14.3. The molecule has 0 heterocycles. The van der Waals surface area contributed by atoms with Crippen LogP contribution in [0, 0.1) is 6.92 Å². The van der Waals surface area contributed by atoms with Gasteiger partial charge in [0.15, 0.2) is 0 Å². The molecule has 1 rings (SSSR count). The van der Waals surface area contributed by atoms with Crippen molar-refractivity contribution in [3.63, 3.8) is 0 Å². The lowest BCUT2D eigenvalue weighted by atomic mass is 10.2. The van der Waals surface area contributed by atoms with Crippen LogP contribution >= 0.6 is 11.6 Å². The van der Waals surface area contributed by atoms with E-state index in [2.05, 4.69) is 15.7 Å². The third-order valence-corrected chi connectivity index (χ3v) is 2.84. The number of halogens is 1. The topological polar surface area (TPSA) is 80.9 Å². The van der Waals surface area contributed by atoms with Crippen LogP contribution in [-0.4, -0.2) is 33.3 Å². The fraction of sp³-hybridized carbons (Fsp3) is 0.417. The highest BCUT2D eigenvalue weighted by Crippen LogP contribution is 2.30. The van der Waals surface area contributed by atoms with Gasteiger partial charge in [0.1, 0.15) is 5.75 Å². The van der Waals surface area contributed by atoms with Gasteiger partial charge in [0.05, 0.1) is 25.9 Å². The van der Waals surface area contributed by atoms with Gasteiger partial charge in [-0.05, 0) is 18.6 Å². The number of hydrazine groups is 1. The smallest absolute Gasteiger partial charge is 0.210 e. The minimum Gasteiger partial charge on any atom is -0.495 e. The fourth-order valence-electron chi connectivity index (χ4n) is 1.43. The predicted molar refractivity (Wildman–Crippen MR) is 77.9 cm³/mol. The molecule has 0 aliphatic heterocycles. The number of aryl methyl sites for hydroxylation is 1. The number of benzene rings is 1. The molecule has 7 heteroatoms. The van der Waals surface area contributed by atoms with Gasteiger partial charge in [0.2, 0.25) is 5.96 Å². The van der Waals surface area contributed by atoms with Crippen molar-refractivity contribution < 1.29 is 9.47 Å². The van der Waals surface area contributed by atoms with Crippen LogP contribution in [0.2, 0.25) is 5.02 Å². The molecule has 0 radical (unpaired) electrons. The largest absolute Gasteiger partial charge is 0.495 e. The van der Waals surface area contributed by atoms with Crippen LogP contribution in [0.4, 0.5) is 5.69 Å². The molecular weight excluding hydrogens is 268 g/mol. The quantitative estimate of drug-likeness (QED) is 0.251. The number of nitrogens with one attached hydrogen (secondary N) is 2. The standard InChI is InChI=1S/C12H19ClN4O2/c1-8-6-10(11(19-3)7-9(8)13)16-12(17-14)15-4-5-18-2/h6-7H,4-5,14H2,1-3H3,(H2,15,16,17). The van der Waals surface area contributed by atoms with Crippen molar-refractivity contribution in [2.24, 2.45) is 10.8 Å². The molecule has 6 nitrogen and oxygen atoms in total. The third kappa shape index (κ3) is 4.59. The van der Waals surface area contributed by atoms with Gasteiger partial charge in [-0.2, -0.15) is 0 Å². The Kier molecular flexibility index (Phi) is 6.41. The summed E-state index contributed by atoms with van der Waals surface area (Å²) in [6.45, 7) is 2.92. The van der Waals surface area contributed by atoms with Gasteiger partial charge in [-0.1, -0.05) is 11.6 Å². The van der Waals surface area contributed by atoms with Gasteiger partial charge in [-0.15, -0.1) is 0 Å². The van der Waals surface area contributed by atoms with E-state index in [1.54, 1.807) is 20.3 Å². The Morgan fingerprint density at radius 3 is 2.74 bits per heavy atom. The molecule has 0 saturated carbocycles. The zero-order valence-corrected chi connectivity index (χ0v) is 12.0. The van der Waals surface area contributed by atoms with Crippen LogP contribution in [0.25, 0.3) is 0 Å². The van der Waals surface area contributed by atoms with Crippen LogP contribution in [-0.2, 0) is 4.74 Å². The summed E-state index contributed by atoms with van der Waals surface area (Å²) in [6.07, 6.45) is 0. The van der Waals surface area contributed by atoms with Gasteiger partial charge in [0.25, 0.3) is 0 Å². The second-order valence-electron chi connectivity index (χ2n) is 3.79. The number of methoxy groups -OCH3 is 2. The van der Waals surface area contributed by atoms with E-state index in [9.17, 15) is 0 Å². The van der Waals surface area contributed by atoms with Crippen molar-refractivity contribution in [1.29, 1.82) is 0 Å². The summed E-state index contributed by atoms with van der Waals surface area (Å²) in [6, 6.07) is 3.60. The molecule has 4 N–H and O–H groups in total. The molecule has 0 aromatic heterocycles. The maximum atomic E-state index is 6.04. The number of rotatable bonds is 5. The molecule has 0 aliphatic carbocycles. The van der Waals surface area contributed by atoms with E-state index in [0.717, 1.165) is 11.3 Å².